The topological polar surface area (TPSA) is 34.0 Å². The highest BCUT2D eigenvalue weighted by atomic mass is 15.3. The number of nitrogens with zero attached hydrogens (tertiary/aromatic N) is 4. The minimum atomic E-state index is 0.591. The van der Waals surface area contributed by atoms with E-state index in [-0.39, 0.29) is 0 Å². The molecule has 0 bridgehead atoms. The van der Waals surface area contributed by atoms with Crippen LogP contribution in [0.2, 0.25) is 0 Å². The van der Waals surface area contributed by atoms with Crippen LogP contribution in [0.15, 0.2) is 0 Å². The number of aromatic nitrogens is 3. The monoisotopic (exact) mass is 262 g/mol. The Kier molecular flexibility index (Phi) is 3.87. The second-order valence-electron chi connectivity index (χ2n) is 6.27. The first-order valence-corrected chi connectivity index (χ1v) is 7.92. The van der Waals surface area contributed by atoms with Gasteiger partial charge in [0.25, 0.3) is 0 Å². The Morgan fingerprint density at radius 1 is 1.16 bits per heavy atom. The van der Waals surface area contributed by atoms with Gasteiger partial charge in [-0.15, -0.1) is 10.2 Å². The molecule has 0 saturated carbocycles. The zero-order valence-corrected chi connectivity index (χ0v) is 12.3. The Morgan fingerprint density at radius 2 is 2.00 bits per heavy atom. The largest absolute Gasteiger partial charge is 0.315 e. The number of hydrogen-bond acceptors (Lipinski definition) is 3. The second kappa shape index (κ2) is 5.61. The van der Waals surface area contributed by atoms with Crippen molar-refractivity contribution >= 4 is 0 Å². The second-order valence-corrected chi connectivity index (χ2v) is 6.27. The number of fused-ring (bicyclic) bond motifs is 1. The van der Waals surface area contributed by atoms with Crippen LogP contribution in [-0.2, 0) is 13.0 Å². The van der Waals surface area contributed by atoms with Crippen molar-refractivity contribution in [1.29, 1.82) is 0 Å². The predicted molar refractivity (Wildman–Crippen MR) is 76.2 cm³/mol. The maximum atomic E-state index is 4.49. The summed E-state index contributed by atoms with van der Waals surface area (Å²) in [7, 11) is 0. The molecule has 0 aromatic carbocycles. The lowest BCUT2D eigenvalue weighted by atomic mass is 9.94. The van der Waals surface area contributed by atoms with Crippen LogP contribution >= 0.6 is 0 Å². The summed E-state index contributed by atoms with van der Waals surface area (Å²) in [6.07, 6.45) is 6.37. The van der Waals surface area contributed by atoms with Gasteiger partial charge in [-0.3, -0.25) is 0 Å². The van der Waals surface area contributed by atoms with Gasteiger partial charge in [0, 0.05) is 25.4 Å². The molecular formula is C15H26N4. The molecule has 1 fully saturated rings. The van der Waals surface area contributed by atoms with Crippen molar-refractivity contribution in [2.24, 2.45) is 5.92 Å². The van der Waals surface area contributed by atoms with E-state index in [2.05, 4.69) is 33.5 Å². The van der Waals surface area contributed by atoms with E-state index in [1.807, 2.05) is 0 Å². The van der Waals surface area contributed by atoms with E-state index in [1.165, 1.54) is 57.0 Å². The molecule has 3 heterocycles. The van der Waals surface area contributed by atoms with E-state index < -0.39 is 0 Å². The molecule has 0 aliphatic carbocycles. The Bertz CT molecular complexity index is 426. The van der Waals surface area contributed by atoms with Crippen molar-refractivity contribution in [3.63, 3.8) is 0 Å². The molecule has 1 saturated heterocycles. The maximum absolute atomic E-state index is 4.49. The first-order chi connectivity index (χ1) is 9.28. The van der Waals surface area contributed by atoms with Crippen LogP contribution in [0, 0.1) is 5.92 Å². The van der Waals surface area contributed by atoms with Crippen LogP contribution in [0.5, 0.6) is 0 Å². The summed E-state index contributed by atoms with van der Waals surface area (Å²) >= 11 is 0. The van der Waals surface area contributed by atoms with E-state index in [1.54, 1.807) is 0 Å². The average Bonchev–Trinajstić information content (AvgIpc) is 2.84. The summed E-state index contributed by atoms with van der Waals surface area (Å²) in [5.74, 6) is 3.83. The zero-order valence-electron chi connectivity index (χ0n) is 12.3. The molecule has 19 heavy (non-hydrogen) atoms. The lowest BCUT2D eigenvalue weighted by molar-refractivity contribution is 0.179. The summed E-state index contributed by atoms with van der Waals surface area (Å²) in [4.78, 5) is 2.57. The van der Waals surface area contributed by atoms with E-state index >= 15 is 0 Å². The van der Waals surface area contributed by atoms with Crippen molar-refractivity contribution in [3.05, 3.63) is 11.6 Å². The molecule has 2 unspecified atom stereocenters. The highest BCUT2D eigenvalue weighted by Gasteiger charge is 2.25. The molecule has 4 nitrogen and oxygen atoms in total. The van der Waals surface area contributed by atoms with E-state index in [9.17, 15) is 0 Å². The van der Waals surface area contributed by atoms with Gasteiger partial charge in [-0.1, -0.05) is 13.8 Å². The molecule has 0 spiro atoms. The first kappa shape index (κ1) is 13.1. The van der Waals surface area contributed by atoms with E-state index in [0.717, 1.165) is 18.9 Å². The Morgan fingerprint density at radius 3 is 2.84 bits per heavy atom. The SMILES string of the molecule is CCN1CCCC(Cc2nnc3n2CCCC3C)C1. The fourth-order valence-corrected chi connectivity index (χ4v) is 3.66. The predicted octanol–water partition coefficient (Wildman–Crippen LogP) is 2.45. The minimum absolute atomic E-state index is 0.591. The van der Waals surface area contributed by atoms with Crippen molar-refractivity contribution in [3.8, 4) is 0 Å². The molecule has 0 amide bonds. The normalized spacial score (nSPS) is 28.3. The minimum Gasteiger partial charge on any atom is -0.315 e. The molecule has 2 atom stereocenters. The Balaban J connectivity index is 1.70. The van der Waals surface area contributed by atoms with Gasteiger partial charge in [0.15, 0.2) is 0 Å². The number of rotatable bonds is 3. The molecular weight excluding hydrogens is 236 g/mol. The summed E-state index contributed by atoms with van der Waals surface area (Å²) in [5, 5.41) is 8.93. The molecule has 2 aliphatic heterocycles. The molecule has 1 aromatic heterocycles. The summed E-state index contributed by atoms with van der Waals surface area (Å²) < 4.78 is 2.40. The molecule has 1 aromatic rings. The molecule has 3 rings (SSSR count). The molecule has 106 valence electrons. The van der Waals surface area contributed by atoms with Crippen molar-refractivity contribution in [1.82, 2.24) is 19.7 Å². The van der Waals surface area contributed by atoms with Gasteiger partial charge in [-0.25, -0.2) is 0 Å². The van der Waals surface area contributed by atoms with E-state index in [0.29, 0.717) is 5.92 Å². The Hall–Kier alpha value is -0.900. The summed E-state index contributed by atoms with van der Waals surface area (Å²) in [6, 6.07) is 0. The van der Waals surface area contributed by atoms with E-state index in [4.69, 9.17) is 0 Å². The van der Waals surface area contributed by atoms with Gasteiger partial charge in [0.05, 0.1) is 0 Å². The van der Waals surface area contributed by atoms with Crippen molar-refractivity contribution < 1.29 is 0 Å². The average molecular weight is 262 g/mol. The highest BCUT2D eigenvalue weighted by molar-refractivity contribution is 5.05. The fraction of sp³-hybridized carbons (Fsp3) is 0.867. The lowest BCUT2D eigenvalue weighted by Crippen LogP contribution is -2.36. The lowest BCUT2D eigenvalue weighted by Gasteiger charge is -2.31. The van der Waals surface area contributed by atoms with Gasteiger partial charge in [-0.2, -0.15) is 0 Å². The summed E-state index contributed by atoms with van der Waals surface area (Å²) in [5.41, 5.74) is 0. The standard InChI is InChI=1S/C15H26N4/c1-3-18-8-5-7-13(11-18)10-14-16-17-15-12(2)6-4-9-19(14)15/h12-13H,3-11H2,1-2H3. The van der Waals surface area contributed by atoms with Crippen LogP contribution in [0.1, 0.15) is 57.1 Å². The van der Waals surface area contributed by atoms with Crippen molar-refractivity contribution in [2.75, 3.05) is 19.6 Å². The van der Waals surface area contributed by atoms with Crippen LogP contribution in [0.4, 0.5) is 0 Å². The number of piperidine rings is 1. The first-order valence-electron chi connectivity index (χ1n) is 7.92. The molecule has 4 heteroatoms. The summed E-state index contributed by atoms with van der Waals surface area (Å²) in [6.45, 7) is 9.39. The third-order valence-electron chi connectivity index (χ3n) is 4.84. The number of hydrogen-bond donors (Lipinski definition) is 0. The van der Waals surface area contributed by atoms with Gasteiger partial charge in [-0.05, 0) is 44.7 Å². The van der Waals surface area contributed by atoms with Crippen LogP contribution in [0.25, 0.3) is 0 Å². The van der Waals surface area contributed by atoms with Crippen LogP contribution in [-0.4, -0.2) is 39.3 Å². The highest BCUT2D eigenvalue weighted by Crippen LogP contribution is 2.27. The van der Waals surface area contributed by atoms with Crippen LogP contribution in [0.3, 0.4) is 0 Å². The van der Waals surface area contributed by atoms with Gasteiger partial charge in [0.1, 0.15) is 11.6 Å². The third-order valence-corrected chi connectivity index (χ3v) is 4.84. The van der Waals surface area contributed by atoms with Crippen molar-refractivity contribution in [2.45, 2.75) is 58.4 Å². The van der Waals surface area contributed by atoms with Crippen LogP contribution < -0.4 is 0 Å². The molecule has 0 N–H and O–H groups in total. The van der Waals surface area contributed by atoms with Gasteiger partial charge < -0.3 is 9.47 Å². The molecule has 2 aliphatic rings. The zero-order chi connectivity index (χ0) is 13.2. The van der Waals surface area contributed by atoms with Gasteiger partial charge in [0.2, 0.25) is 0 Å². The van der Waals surface area contributed by atoms with Gasteiger partial charge >= 0.3 is 0 Å². The smallest absolute Gasteiger partial charge is 0.135 e. The quantitative estimate of drug-likeness (QED) is 0.839. The third kappa shape index (κ3) is 2.69. The fourth-order valence-electron chi connectivity index (χ4n) is 3.66. The Labute approximate surface area is 116 Å². The number of likely N-dealkylation sites (tertiary alicyclic amines) is 1. The maximum Gasteiger partial charge on any atom is 0.135 e. The molecule has 0 radical (unpaired) electrons.